The first-order valence-corrected chi connectivity index (χ1v) is 6.59. The Bertz CT molecular complexity index is 394. The van der Waals surface area contributed by atoms with Crippen LogP contribution in [0.2, 0.25) is 0 Å². The second kappa shape index (κ2) is 8.29. The summed E-state index contributed by atoms with van der Waals surface area (Å²) in [6.07, 6.45) is 6.40. The van der Waals surface area contributed by atoms with Gasteiger partial charge in [0.1, 0.15) is 0 Å². The van der Waals surface area contributed by atoms with Gasteiger partial charge in [0, 0.05) is 6.42 Å². The summed E-state index contributed by atoms with van der Waals surface area (Å²) >= 11 is 0. The van der Waals surface area contributed by atoms with Crippen molar-refractivity contribution in [2.75, 3.05) is 0 Å². The maximum absolute atomic E-state index is 10.2. The number of benzene rings is 1. The number of carbonyl (C=O) groups is 2. The Morgan fingerprint density at radius 2 is 1.63 bits per heavy atom. The third-order valence-electron chi connectivity index (χ3n) is 3.26. The van der Waals surface area contributed by atoms with Crippen LogP contribution in [0.1, 0.15) is 48.9 Å². The quantitative estimate of drug-likeness (QED) is 0.873. The minimum absolute atomic E-state index is 0.331. The van der Waals surface area contributed by atoms with E-state index < -0.39 is 11.9 Å². The molecule has 1 fully saturated rings. The van der Waals surface area contributed by atoms with Crippen LogP contribution < -0.4 is 0 Å². The van der Waals surface area contributed by atoms with Gasteiger partial charge in [-0.05, 0) is 24.5 Å². The van der Waals surface area contributed by atoms with Gasteiger partial charge in [-0.15, -0.1) is 0 Å². The number of hydrogen-bond acceptors (Lipinski definition) is 2. The summed E-state index contributed by atoms with van der Waals surface area (Å²) in [4.78, 5) is 20.4. The zero-order valence-corrected chi connectivity index (χ0v) is 10.9. The van der Waals surface area contributed by atoms with Crippen molar-refractivity contribution in [3.05, 3.63) is 35.9 Å². The fourth-order valence-corrected chi connectivity index (χ4v) is 2.21. The van der Waals surface area contributed by atoms with Crippen molar-refractivity contribution in [1.29, 1.82) is 0 Å². The second-order valence-corrected chi connectivity index (χ2v) is 4.75. The van der Waals surface area contributed by atoms with Gasteiger partial charge in [-0.3, -0.25) is 4.79 Å². The predicted molar refractivity (Wildman–Crippen MR) is 72.2 cm³/mol. The predicted octanol–water partition coefficient (Wildman–Crippen LogP) is 3.43. The molecule has 0 heterocycles. The van der Waals surface area contributed by atoms with Gasteiger partial charge >= 0.3 is 11.9 Å². The van der Waals surface area contributed by atoms with E-state index in [0.29, 0.717) is 12.0 Å². The molecule has 0 amide bonds. The van der Waals surface area contributed by atoms with E-state index in [1.54, 1.807) is 30.3 Å². The molecule has 1 aromatic carbocycles. The average molecular weight is 264 g/mol. The van der Waals surface area contributed by atoms with E-state index >= 15 is 0 Å². The Morgan fingerprint density at radius 3 is 2.05 bits per heavy atom. The van der Waals surface area contributed by atoms with Crippen LogP contribution in [0.4, 0.5) is 0 Å². The Morgan fingerprint density at radius 1 is 1.05 bits per heavy atom. The molecule has 4 heteroatoms. The first kappa shape index (κ1) is 15.2. The molecule has 0 radical (unpaired) electrons. The third-order valence-corrected chi connectivity index (χ3v) is 3.26. The monoisotopic (exact) mass is 264 g/mol. The lowest BCUT2D eigenvalue weighted by Crippen LogP contribution is -1.99. The van der Waals surface area contributed by atoms with Crippen molar-refractivity contribution in [3.63, 3.8) is 0 Å². The van der Waals surface area contributed by atoms with Crippen molar-refractivity contribution in [2.45, 2.75) is 38.5 Å². The molecule has 19 heavy (non-hydrogen) atoms. The van der Waals surface area contributed by atoms with E-state index in [4.69, 9.17) is 10.2 Å². The lowest BCUT2D eigenvalue weighted by molar-refractivity contribution is -0.137. The average Bonchev–Trinajstić information content (AvgIpc) is 2.91. The van der Waals surface area contributed by atoms with Gasteiger partial charge in [0.05, 0.1) is 5.56 Å². The molecular formula is C15H20O4. The molecule has 0 aliphatic heterocycles. The van der Waals surface area contributed by atoms with E-state index in [0.717, 1.165) is 12.3 Å². The first-order chi connectivity index (χ1) is 9.09. The van der Waals surface area contributed by atoms with Gasteiger partial charge in [-0.25, -0.2) is 4.79 Å². The molecule has 2 rings (SSSR count). The van der Waals surface area contributed by atoms with Gasteiger partial charge in [0.2, 0.25) is 0 Å². The van der Waals surface area contributed by atoms with Gasteiger partial charge < -0.3 is 10.2 Å². The van der Waals surface area contributed by atoms with E-state index in [1.165, 1.54) is 25.7 Å². The van der Waals surface area contributed by atoms with Crippen molar-refractivity contribution >= 4 is 11.9 Å². The van der Waals surface area contributed by atoms with E-state index in [1.807, 2.05) is 0 Å². The second-order valence-electron chi connectivity index (χ2n) is 4.75. The number of rotatable bonds is 4. The Hall–Kier alpha value is -1.84. The van der Waals surface area contributed by atoms with Crippen LogP contribution in [-0.4, -0.2) is 22.2 Å². The van der Waals surface area contributed by atoms with Crippen LogP contribution in [0.15, 0.2) is 30.3 Å². The molecule has 0 atom stereocenters. The zero-order chi connectivity index (χ0) is 14.1. The van der Waals surface area contributed by atoms with E-state index in [9.17, 15) is 9.59 Å². The molecule has 0 unspecified atom stereocenters. The summed E-state index contributed by atoms with van der Waals surface area (Å²) in [5.41, 5.74) is 0.331. The van der Waals surface area contributed by atoms with Crippen molar-refractivity contribution < 1.29 is 19.8 Å². The Kier molecular flexibility index (Phi) is 6.64. The fraction of sp³-hybridized carbons (Fsp3) is 0.467. The van der Waals surface area contributed by atoms with E-state index in [-0.39, 0.29) is 0 Å². The van der Waals surface area contributed by atoms with Gasteiger partial charge in [0.25, 0.3) is 0 Å². The van der Waals surface area contributed by atoms with Crippen molar-refractivity contribution in [3.8, 4) is 0 Å². The standard InChI is InChI=1S/C8H14O2.C7H6O2/c9-8(10)6-5-7-3-1-2-4-7;8-7(9)6-4-2-1-3-5-6/h7H,1-6H2,(H,9,10);1-5H,(H,8,9). The normalized spacial score (nSPS) is 14.5. The van der Waals surface area contributed by atoms with Crippen molar-refractivity contribution in [1.82, 2.24) is 0 Å². The molecule has 1 saturated carbocycles. The smallest absolute Gasteiger partial charge is 0.335 e. The molecule has 104 valence electrons. The highest BCUT2D eigenvalue weighted by atomic mass is 16.4. The summed E-state index contributed by atoms with van der Waals surface area (Å²) in [6, 6.07) is 8.30. The number of hydrogen-bond donors (Lipinski definition) is 2. The van der Waals surface area contributed by atoms with Crippen LogP contribution in [0, 0.1) is 5.92 Å². The van der Waals surface area contributed by atoms with Gasteiger partial charge in [0.15, 0.2) is 0 Å². The molecule has 2 N–H and O–H groups in total. The summed E-state index contributed by atoms with van der Waals surface area (Å²) in [7, 11) is 0. The molecule has 1 aliphatic carbocycles. The maximum atomic E-state index is 10.2. The summed E-state index contributed by atoms with van der Waals surface area (Å²) in [5.74, 6) is -0.807. The highest BCUT2D eigenvalue weighted by Gasteiger charge is 2.15. The molecule has 1 aromatic rings. The Balaban J connectivity index is 0.000000191. The summed E-state index contributed by atoms with van der Waals surface area (Å²) in [5, 5.41) is 16.8. The lowest BCUT2D eigenvalue weighted by atomic mass is 10.0. The fourth-order valence-electron chi connectivity index (χ4n) is 2.21. The summed E-state index contributed by atoms with van der Waals surface area (Å²) in [6.45, 7) is 0. The van der Waals surface area contributed by atoms with Crippen LogP contribution in [0.3, 0.4) is 0 Å². The molecule has 0 bridgehead atoms. The number of carboxylic acid groups (broad SMARTS) is 2. The highest BCUT2D eigenvalue weighted by molar-refractivity contribution is 5.87. The van der Waals surface area contributed by atoms with E-state index in [2.05, 4.69) is 0 Å². The lowest BCUT2D eigenvalue weighted by Gasteiger charge is -2.04. The first-order valence-electron chi connectivity index (χ1n) is 6.59. The largest absolute Gasteiger partial charge is 0.481 e. The maximum Gasteiger partial charge on any atom is 0.335 e. The van der Waals surface area contributed by atoms with Crippen molar-refractivity contribution in [2.24, 2.45) is 5.92 Å². The topological polar surface area (TPSA) is 74.6 Å². The van der Waals surface area contributed by atoms with Crippen LogP contribution >= 0.6 is 0 Å². The minimum atomic E-state index is -0.879. The molecule has 0 aromatic heterocycles. The SMILES string of the molecule is O=C(O)CCC1CCCC1.O=C(O)c1ccccc1. The number of aliphatic carboxylic acids is 1. The highest BCUT2D eigenvalue weighted by Crippen LogP contribution is 2.28. The Labute approximate surface area is 113 Å². The zero-order valence-electron chi connectivity index (χ0n) is 10.9. The molecular weight excluding hydrogens is 244 g/mol. The molecule has 0 spiro atoms. The summed E-state index contributed by atoms with van der Waals surface area (Å²) < 4.78 is 0. The molecule has 0 saturated heterocycles. The number of carboxylic acids is 2. The van der Waals surface area contributed by atoms with Crippen LogP contribution in [-0.2, 0) is 4.79 Å². The van der Waals surface area contributed by atoms with Gasteiger partial charge in [-0.1, -0.05) is 43.9 Å². The third kappa shape index (κ3) is 6.60. The number of aromatic carboxylic acids is 1. The molecule has 4 nitrogen and oxygen atoms in total. The van der Waals surface area contributed by atoms with Crippen LogP contribution in [0.5, 0.6) is 0 Å². The van der Waals surface area contributed by atoms with Gasteiger partial charge in [-0.2, -0.15) is 0 Å². The molecule has 1 aliphatic rings. The minimum Gasteiger partial charge on any atom is -0.481 e. The van der Waals surface area contributed by atoms with Crippen LogP contribution in [0.25, 0.3) is 0 Å².